The van der Waals surface area contributed by atoms with Gasteiger partial charge in [0.05, 0.1) is 12.6 Å². The molecule has 2 aromatic rings. The Balaban J connectivity index is 1.30. The zero-order chi connectivity index (χ0) is 21.5. The molecule has 0 N–H and O–H groups in total. The molecule has 0 aliphatic carbocycles. The molecule has 1 aromatic heterocycles. The number of nitrogens with zero attached hydrogens (tertiary/aromatic N) is 2. The Hall–Kier alpha value is -1.73. The average Bonchev–Trinajstić information content (AvgIpc) is 3.44. The van der Waals surface area contributed by atoms with Gasteiger partial charge in [-0.3, -0.25) is 9.80 Å². The molecule has 0 radical (unpaired) electrons. The molecule has 6 heteroatoms. The molecule has 2 aliphatic rings. The molecule has 31 heavy (non-hydrogen) atoms. The lowest BCUT2D eigenvalue weighted by molar-refractivity contribution is 0.0538. The normalized spacial score (nSPS) is 20.7. The number of likely N-dealkylation sites (tertiary alicyclic amines) is 1. The van der Waals surface area contributed by atoms with Gasteiger partial charge < -0.3 is 13.9 Å². The van der Waals surface area contributed by atoms with E-state index < -0.39 is 0 Å². The Morgan fingerprint density at radius 2 is 1.87 bits per heavy atom. The second kappa shape index (κ2) is 11.2. The minimum atomic E-state index is -0.0985. The Bertz CT molecular complexity index is 798. The standard InChI is InChI=1S/C25H35FN2O3/c1-29-19-24-9-8-23(31-24)18-28(17-22-6-4-14-30-22)15-20-10-12-27(13-11-20)16-21-5-2-3-7-25(21)26/h2-3,5,7-9,20,22H,4,6,10-19H2,1H3/t22-/m1/s1. The van der Waals surface area contributed by atoms with E-state index in [9.17, 15) is 4.39 Å². The van der Waals surface area contributed by atoms with E-state index in [0.29, 0.717) is 25.2 Å². The van der Waals surface area contributed by atoms with Gasteiger partial charge in [0.15, 0.2) is 0 Å². The van der Waals surface area contributed by atoms with Gasteiger partial charge in [0.1, 0.15) is 23.9 Å². The fourth-order valence-corrected chi connectivity index (χ4v) is 4.79. The largest absolute Gasteiger partial charge is 0.462 e. The zero-order valence-corrected chi connectivity index (χ0v) is 18.6. The third kappa shape index (κ3) is 6.62. The van der Waals surface area contributed by atoms with Gasteiger partial charge in [-0.1, -0.05) is 18.2 Å². The van der Waals surface area contributed by atoms with Crippen LogP contribution in [0.2, 0.25) is 0 Å². The number of furan rings is 1. The van der Waals surface area contributed by atoms with Crippen molar-refractivity contribution in [1.29, 1.82) is 0 Å². The van der Waals surface area contributed by atoms with Crippen molar-refractivity contribution in [2.45, 2.75) is 51.5 Å². The number of hydrogen-bond acceptors (Lipinski definition) is 5. The predicted octanol–water partition coefficient (Wildman–Crippen LogP) is 4.46. The Morgan fingerprint density at radius 3 is 2.61 bits per heavy atom. The summed E-state index contributed by atoms with van der Waals surface area (Å²) in [6, 6.07) is 11.2. The van der Waals surface area contributed by atoms with Crippen LogP contribution >= 0.6 is 0 Å². The quantitative estimate of drug-likeness (QED) is 0.556. The maximum atomic E-state index is 14.0. The maximum Gasteiger partial charge on any atom is 0.129 e. The van der Waals surface area contributed by atoms with Crippen LogP contribution in [0.25, 0.3) is 0 Å². The highest BCUT2D eigenvalue weighted by Crippen LogP contribution is 2.24. The maximum absolute atomic E-state index is 14.0. The van der Waals surface area contributed by atoms with Crippen LogP contribution in [0.1, 0.15) is 42.8 Å². The summed E-state index contributed by atoms with van der Waals surface area (Å²) in [5.41, 5.74) is 0.797. The summed E-state index contributed by atoms with van der Waals surface area (Å²) in [6.07, 6.45) is 4.92. The number of ether oxygens (including phenoxy) is 2. The summed E-state index contributed by atoms with van der Waals surface area (Å²) >= 11 is 0. The van der Waals surface area contributed by atoms with Crippen LogP contribution in [-0.2, 0) is 29.2 Å². The van der Waals surface area contributed by atoms with Gasteiger partial charge in [0, 0.05) is 38.9 Å². The van der Waals surface area contributed by atoms with Crippen molar-refractivity contribution in [3.05, 3.63) is 59.3 Å². The first-order valence-electron chi connectivity index (χ1n) is 11.6. The molecule has 4 rings (SSSR count). The Kier molecular flexibility index (Phi) is 8.14. The fourth-order valence-electron chi connectivity index (χ4n) is 4.79. The van der Waals surface area contributed by atoms with E-state index in [1.165, 1.54) is 0 Å². The molecule has 0 saturated carbocycles. The molecule has 1 aromatic carbocycles. The molecular formula is C25H35FN2O3. The summed E-state index contributed by atoms with van der Waals surface area (Å²) in [7, 11) is 1.68. The molecule has 0 unspecified atom stereocenters. The van der Waals surface area contributed by atoms with E-state index in [2.05, 4.69) is 15.9 Å². The summed E-state index contributed by atoms with van der Waals surface area (Å²) in [5.74, 6) is 2.41. The van der Waals surface area contributed by atoms with Crippen molar-refractivity contribution in [3.8, 4) is 0 Å². The summed E-state index contributed by atoms with van der Waals surface area (Å²) in [4.78, 5) is 4.88. The molecule has 0 bridgehead atoms. The summed E-state index contributed by atoms with van der Waals surface area (Å²) in [5, 5.41) is 0. The Labute approximate surface area is 185 Å². The van der Waals surface area contributed by atoms with Crippen molar-refractivity contribution >= 4 is 0 Å². The number of methoxy groups -OCH3 is 1. The highest BCUT2D eigenvalue weighted by molar-refractivity contribution is 5.17. The third-order valence-electron chi connectivity index (χ3n) is 6.44. The van der Waals surface area contributed by atoms with Crippen LogP contribution < -0.4 is 0 Å². The molecule has 2 aliphatic heterocycles. The summed E-state index contributed by atoms with van der Waals surface area (Å²) < 4.78 is 31.0. The fraction of sp³-hybridized carbons (Fsp3) is 0.600. The van der Waals surface area contributed by atoms with Gasteiger partial charge in [0.25, 0.3) is 0 Å². The number of halogens is 1. The van der Waals surface area contributed by atoms with Gasteiger partial charge in [-0.2, -0.15) is 0 Å². The second-order valence-corrected chi connectivity index (χ2v) is 8.94. The number of hydrogen-bond donors (Lipinski definition) is 0. The van der Waals surface area contributed by atoms with Crippen molar-refractivity contribution in [2.75, 3.05) is 39.9 Å². The van der Waals surface area contributed by atoms with Gasteiger partial charge in [-0.25, -0.2) is 4.39 Å². The minimum Gasteiger partial charge on any atom is -0.462 e. The van der Waals surface area contributed by atoms with E-state index in [4.69, 9.17) is 13.9 Å². The molecule has 0 spiro atoms. The average molecular weight is 431 g/mol. The van der Waals surface area contributed by atoms with Crippen molar-refractivity contribution in [1.82, 2.24) is 9.80 Å². The molecule has 3 heterocycles. The first-order chi connectivity index (χ1) is 15.2. The van der Waals surface area contributed by atoms with Crippen LogP contribution in [0, 0.1) is 11.7 Å². The highest BCUT2D eigenvalue weighted by Gasteiger charge is 2.25. The van der Waals surface area contributed by atoms with Crippen molar-refractivity contribution in [2.24, 2.45) is 5.92 Å². The lowest BCUT2D eigenvalue weighted by Gasteiger charge is -2.35. The van der Waals surface area contributed by atoms with Crippen molar-refractivity contribution in [3.63, 3.8) is 0 Å². The molecule has 5 nitrogen and oxygen atoms in total. The van der Waals surface area contributed by atoms with Crippen LogP contribution in [0.15, 0.2) is 40.8 Å². The molecular weight excluding hydrogens is 395 g/mol. The molecule has 170 valence electrons. The predicted molar refractivity (Wildman–Crippen MR) is 118 cm³/mol. The number of benzene rings is 1. The highest BCUT2D eigenvalue weighted by atomic mass is 19.1. The van der Waals surface area contributed by atoms with E-state index in [1.54, 1.807) is 19.2 Å². The third-order valence-corrected chi connectivity index (χ3v) is 6.44. The topological polar surface area (TPSA) is 38.1 Å². The van der Waals surface area contributed by atoms with Crippen LogP contribution in [-0.4, -0.2) is 55.8 Å². The Morgan fingerprint density at radius 1 is 1.06 bits per heavy atom. The number of rotatable bonds is 10. The smallest absolute Gasteiger partial charge is 0.129 e. The van der Waals surface area contributed by atoms with Gasteiger partial charge in [0.2, 0.25) is 0 Å². The van der Waals surface area contributed by atoms with Crippen LogP contribution in [0.5, 0.6) is 0 Å². The molecule has 1 atom stereocenters. The molecule has 0 amide bonds. The molecule has 2 saturated heterocycles. The van der Waals surface area contributed by atoms with E-state index in [-0.39, 0.29) is 5.82 Å². The zero-order valence-electron chi connectivity index (χ0n) is 18.6. The van der Waals surface area contributed by atoms with E-state index in [0.717, 1.165) is 82.1 Å². The van der Waals surface area contributed by atoms with Gasteiger partial charge >= 0.3 is 0 Å². The monoisotopic (exact) mass is 430 g/mol. The van der Waals surface area contributed by atoms with Crippen LogP contribution in [0.3, 0.4) is 0 Å². The minimum absolute atomic E-state index is 0.0985. The SMILES string of the molecule is COCc1ccc(CN(CC2CCN(Cc3ccccc3F)CC2)C[C@H]2CCCO2)o1. The first-order valence-corrected chi connectivity index (χ1v) is 11.6. The second-order valence-electron chi connectivity index (χ2n) is 8.94. The van der Waals surface area contributed by atoms with E-state index in [1.807, 2.05) is 18.2 Å². The van der Waals surface area contributed by atoms with Gasteiger partial charge in [-0.15, -0.1) is 0 Å². The lowest BCUT2D eigenvalue weighted by atomic mass is 9.95. The molecule has 2 fully saturated rings. The van der Waals surface area contributed by atoms with Crippen LogP contribution in [0.4, 0.5) is 4.39 Å². The summed E-state index contributed by atoms with van der Waals surface area (Å²) in [6.45, 7) is 6.94. The van der Waals surface area contributed by atoms with Crippen molar-refractivity contribution < 1.29 is 18.3 Å². The first kappa shape index (κ1) is 22.5. The van der Waals surface area contributed by atoms with Gasteiger partial charge in [-0.05, 0) is 62.9 Å². The lowest BCUT2D eigenvalue weighted by Crippen LogP contribution is -2.40. The number of piperidine rings is 1. The van der Waals surface area contributed by atoms with E-state index >= 15 is 0 Å².